The topological polar surface area (TPSA) is 69.7 Å². The van der Waals surface area contributed by atoms with Gasteiger partial charge in [0.2, 0.25) is 5.91 Å². The maximum atomic E-state index is 12.8. The van der Waals surface area contributed by atoms with Crippen molar-refractivity contribution in [2.24, 2.45) is 0 Å². The third kappa shape index (κ3) is 4.22. The van der Waals surface area contributed by atoms with E-state index in [1.54, 1.807) is 34.1 Å². The molecule has 0 saturated carbocycles. The predicted molar refractivity (Wildman–Crippen MR) is 108 cm³/mol. The molecule has 1 N–H and O–H groups in total. The van der Waals surface area contributed by atoms with Crippen LogP contribution in [0.4, 0.5) is 5.69 Å². The number of hydrogen-bond donors (Lipinski definition) is 1. The molecule has 0 atom stereocenters. The number of piperazine rings is 1. The van der Waals surface area contributed by atoms with Crippen molar-refractivity contribution in [3.63, 3.8) is 0 Å². The summed E-state index contributed by atoms with van der Waals surface area (Å²) in [4.78, 5) is 40.4. The number of carbonyl (C=O) groups excluding carboxylic acids is 3. The van der Waals surface area contributed by atoms with Crippen molar-refractivity contribution in [3.8, 4) is 0 Å². The second kappa shape index (κ2) is 8.25. The molecule has 0 bridgehead atoms. The van der Waals surface area contributed by atoms with Gasteiger partial charge in [0.05, 0.1) is 0 Å². The van der Waals surface area contributed by atoms with Crippen LogP contribution in [0.5, 0.6) is 0 Å². The van der Waals surface area contributed by atoms with Crippen molar-refractivity contribution < 1.29 is 14.4 Å². The van der Waals surface area contributed by atoms with Crippen LogP contribution in [-0.4, -0.2) is 53.7 Å². The second-order valence-electron chi connectivity index (χ2n) is 7.08. The average Bonchev–Trinajstić information content (AvgIpc) is 2.71. The van der Waals surface area contributed by atoms with Crippen molar-refractivity contribution in [2.75, 3.05) is 31.5 Å². The van der Waals surface area contributed by atoms with E-state index in [1.807, 2.05) is 32.0 Å². The summed E-state index contributed by atoms with van der Waals surface area (Å²) in [5, 5.41) is 2.92. The first-order valence-corrected chi connectivity index (χ1v) is 9.39. The minimum absolute atomic E-state index is 0.0252. The van der Waals surface area contributed by atoms with Crippen LogP contribution < -0.4 is 5.32 Å². The fourth-order valence-corrected chi connectivity index (χ4v) is 3.28. The summed E-state index contributed by atoms with van der Waals surface area (Å²) < 4.78 is 0. The predicted octanol–water partition coefficient (Wildman–Crippen LogP) is 2.86. The van der Waals surface area contributed by atoms with Crippen LogP contribution in [0.15, 0.2) is 42.5 Å². The lowest BCUT2D eigenvalue weighted by molar-refractivity contribution is -0.130. The average molecular weight is 379 g/mol. The second-order valence-corrected chi connectivity index (χ2v) is 7.08. The number of amides is 3. The van der Waals surface area contributed by atoms with Crippen molar-refractivity contribution in [1.29, 1.82) is 0 Å². The molecule has 1 saturated heterocycles. The van der Waals surface area contributed by atoms with Gasteiger partial charge in [-0.05, 0) is 49.2 Å². The summed E-state index contributed by atoms with van der Waals surface area (Å²) in [5.41, 5.74) is 3.80. The molecule has 1 aliphatic heterocycles. The lowest BCUT2D eigenvalue weighted by Crippen LogP contribution is -2.50. The van der Waals surface area contributed by atoms with E-state index in [9.17, 15) is 14.4 Å². The zero-order valence-electron chi connectivity index (χ0n) is 16.5. The van der Waals surface area contributed by atoms with E-state index in [4.69, 9.17) is 0 Å². The van der Waals surface area contributed by atoms with Gasteiger partial charge in [-0.15, -0.1) is 0 Å². The molecule has 6 nitrogen and oxygen atoms in total. The van der Waals surface area contributed by atoms with Gasteiger partial charge >= 0.3 is 0 Å². The molecule has 1 fully saturated rings. The zero-order chi connectivity index (χ0) is 20.3. The smallest absolute Gasteiger partial charge is 0.255 e. The van der Waals surface area contributed by atoms with Crippen LogP contribution in [0.25, 0.3) is 0 Å². The van der Waals surface area contributed by atoms with Crippen molar-refractivity contribution in [1.82, 2.24) is 9.80 Å². The number of hydrogen-bond acceptors (Lipinski definition) is 3. The molecule has 3 amide bonds. The standard InChI is InChI=1S/C22H25N3O3/c1-15-6-4-9-20(16(15)2)23-21(27)18-7-5-8-19(14-18)22(28)25-12-10-24(11-13-25)17(3)26/h4-9,14H,10-13H2,1-3H3,(H,23,27). The van der Waals surface area contributed by atoms with Crippen LogP contribution in [0, 0.1) is 13.8 Å². The zero-order valence-corrected chi connectivity index (χ0v) is 16.5. The number of anilines is 1. The number of carbonyl (C=O) groups is 3. The van der Waals surface area contributed by atoms with Gasteiger partial charge < -0.3 is 15.1 Å². The Morgan fingerprint density at radius 1 is 0.857 bits per heavy atom. The van der Waals surface area contributed by atoms with Gasteiger partial charge in [-0.2, -0.15) is 0 Å². The molecule has 146 valence electrons. The number of rotatable bonds is 3. The summed E-state index contributed by atoms with van der Waals surface area (Å²) in [5.74, 6) is -0.341. The molecule has 0 unspecified atom stereocenters. The van der Waals surface area contributed by atoms with Gasteiger partial charge in [0.15, 0.2) is 0 Å². The molecule has 6 heteroatoms. The van der Waals surface area contributed by atoms with Gasteiger partial charge in [0.1, 0.15) is 0 Å². The highest BCUT2D eigenvalue weighted by atomic mass is 16.2. The molecule has 0 aliphatic carbocycles. The SMILES string of the molecule is CC(=O)N1CCN(C(=O)c2cccc(C(=O)Nc3cccc(C)c3C)c2)CC1. The Labute approximate surface area is 165 Å². The first-order valence-electron chi connectivity index (χ1n) is 9.39. The minimum atomic E-state index is -0.246. The normalized spacial score (nSPS) is 14.0. The molecule has 2 aromatic carbocycles. The fourth-order valence-electron chi connectivity index (χ4n) is 3.28. The molecule has 0 radical (unpaired) electrons. The maximum Gasteiger partial charge on any atom is 0.255 e. The quantitative estimate of drug-likeness (QED) is 0.892. The number of aryl methyl sites for hydroxylation is 1. The molecule has 1 heterocycles. The van der Waals surface area contributed by atoms with Crippen molar-refractivity contribution in [3.05, 3.63) is 64.7 Å². The summed E-state index contributed by atoms with van der Waals surface area (Å²) in [7, 11) is 0. The van der Waals surface area contributed by atoms with Crippen molar-refractivity contribution >= 4 is 23.4 Å². The van der Waals surface area contributed by atoms with E-state index < -0.39 is 0 Å². The number of benzene rings is 2. The van der Waals surface area contributed by atoms with Crippen LogP contribution in [-0.2, 0) is 4.79 Å². The lowest BCUT2D eigenvalue weighted by atomic mass is 10.1. The fraction of sp³-hybridized carbons (Fsp3) is 0.318. The summed E-state index contributed by atoms with van der Waals surface area (Å²) >= 11 is 0. The Hall–Kier alpha value is -3.15. The number of nitrogens with zero attached hydrogens (tertiary/aromatic N) is 2. The Kier molecular flexibility index (Phi) is 5.78. The molecule has 0 spiro atoms. The summed E-state index contributed by atoms with van der Waals surface area (Å²) in [6.45, 7) is 7.56. The van der Waals surface area contributed by atoms with Gasteiger partial charge in [-0.3, -0.25) is 14.4 Å². The van der Waals surface area contributed by atoms with Gasteiger partial charge in [-0.1, -0.05) is 18.2 Å². The Morgan fingerprint density at radius 2 is 1.46 bits per heavy atom. The van der Waals surface area contributed by atoms with E-state index in [0.29, 0.717) is 37.3 Å². The largest absolute Gasteiger partial charge is 0.339 e. The third-order valence-electron chi connectivity index (χ3n) is 5.24. The molecule has 1 aliphatic rings. The van der Waals surface area contributed by atoms with Crippen LogP contribution >= 0.6 is 0 Å². The van der Waals surface area contributed by atoms with E-state index in [0.717, 1.165) is 16.8 Å². The minimum Gasteiger partial charge on any atom is -0.339 e. The first-order chi connectivity index (χ1) is 13.4. The van der Waals surface area contributed by atoms with Gasteiger partial charge in [0.25, 0.3) is 11.8 Å². The maximum absolute atomic E-state index is 12.8. The highest BCUT2D eigenvalue weighted by Crippen LogP contribution is 2.19. The Bertz CT molecular complexity index is 915. The highest BCUT2D eigenvalue weighted by Gasteiger charge is 2.23. The molecular weight excluding hydrogens is 354 g/mol. The van der Waals surface area contributed by atoms with E-state index in [1.165, 1.54) is 6.92 Å². The Morgan fingerprint density at radius 3 is 2.14 bits per heavy atom. The molecule has 3 rings (SSSR count). The van der Waals surface area contributed by atoms with E-state index in [2.05, 4.69) is 5.32 Å². The number of nitrogens with one attached hydrogen (secondary N) is 1. The Balaban J connectivity index is 1.71. The highest BCUT2D eigenvalue weighted by molar-refractivity contribution is 6.06. The monoisotopic (exact) mass is 379 g/mol. The van der Waals surface area contributed by atoms with Gasteiger partial charge in [0, 0.05) is 49.9 Å². The summed E-state index contributed by atoms with van der Waals surface area (Å²) in [6, 6.07) is 12.5. The molecule has 28 heavy (non-hydrogen) atoms. The van der Waals surface area contributed by atoms with Gasteiger partial charge in [-0.25, -0.2) is 0 Å². The molecule has 0 aromatic heterocycles. The van der Waals surface area contributed by atoms with Crippen LogP contribution in [0.2, 0.25) is 0 Å². The van der Waals surface area contributed by atoms with Crippen molar-refractivity contribution in [2.45, 2.75) is 20.8 Å². The summed E-state index contributed by atoms with van der Waals surface area (Å²) in [6.07, 6.45) is 0. The molecule has 2 aromatic rings. The van der Waals surface area contributed by atoms with E-state index >= 15 is 0 Å². The molecular formula is C22H25N3O3. The first kappa shape index (κ1) is 19.6. The van der Waals surface area contributed by atoms with E-state index in [-0.39, 0.29) is 17.7 Å². The third-order valence-corrected chi connectivity index (χ3v) is 5.24. The van der Waals surface area contributed by atoms with Crippen LogP contribution in [0.1, 0.15) is 38.8 Å². The lowest BCUT2D eigenvalue weighted by Gasteiger charge is -2.34. The van der Waals surface area contributed by atoms with Crippen LogP contribution in [0.3, 0.4) is 0 Å².